The molecule has 0 atom stereocenters. The van der Waals surface area contributed by atoms with Crippen molar-refractivity contribution < 1.29 is 28.3 Å². The van der Waals surface area contributed by atoms with E-state index in [1.165, 1.54) is 31.3 Å². The summed E-state index contributed by atoms with van der Waals surface area (Å²) >= 11 is 0. The monoisotopic (exact) mass is 375 g/mol. The van der Waals surface area contributed by atoms with Gasteiger partial charge in [0, 0.05) is 24.7 Å². The largest absolute Gasteiger partial charge is 0.493 e. The van der Waals surface area contributed by atoms with Crippen LogP contribution in [0, 0.1) is 6.92 Å². The van der Waals surface area contributed by atoms with Gasteiger partial charge in [0.25, 0.3) is 11.8 Å². The highest BCUT2D eigenvalue weighted by atomic mass is 16.5. The van der Waals surface area contributed by atoms with E-state index in [1.54, 1.807) is 25.1 Å². The van der Waals surface area contributed by atoms with Gasteiger partial charge in [-0.1, -0.05) is 5.16 Å². The van der Waals surface area contributed by atoms with Crippen molar-refractivity contribution >= 4 is 11.8 Å². The van der Waals surface area contributed by atoms with Crippen LogP contribution in [-0.4, -0.2) is 61.4 Å². The first-order chi connectivity index (χ1) is 13.0. The Morgan fingerprint density at radius 1 is 0.963 bits per heavy atom. The van der Waals surface area contributed by atoms with Crippen molar-refractivity contribution in [3.8, 4) is 17.2 Å². The summed E-state index contributed by atoms with van der Waals surface area (Å²) in [6.45, 7) is 2.53. The van der Waals surface area contributed by atoms with E-state index in [2.05, 4.69) is 5.16 Å². The number of hydrogen-bond acceptors (Lipinski definition) is 7. The van der Waals surface area contributed by atoms with Gasteiger partial charge in [-0.25, -0.2) is 10.0 Å². The number of hydrogen-bond donors (Lipinski definition) is 0. The van der Waals surface area contributed by atoms with Crippen molar-refractivity contribution in [1.82, 2.24) is 15.2 Å². The lowest BCUT2D eigenvalue weighted by atomic mass is 10.1. The molecule has 2 heterocycles. The number of aryl methyl sites for hydroxylation is 1. The third-order valence-corrected chi connectivity index (χ3v) is 4.26. The average Bonchev–Trinajstić information content (AvgIpc) is 3.34. The minimum atomic E-state index is -0.384. The first kappa shape index (κ1) is 18.6. The molecule has 2 aromatic rings. The number of carbonyl (C=O) groups is 2. The Morgan fingerprint density at radius 2 is 1.56 bits per heavy atom. The number of ether oxygens (including phenoxy) is 3. The second-order valence-corrected chi connectivity index (χ2v) is 5.95. The highest BCUT2D eigenvalue weighted by Crippen LogP contribution is 2.38. The summed E-state index contributed by atoms with van der Waals surface area (Å²) in [6.07, 6.45) is 0.665. The number of methoxy groups -OCH3 is 3. The molecule has 1 saturated heterocycles. The number of nitrogens with zero attached hydrogens (tertiary/aromatic N) is 3. The highest BCUT2D eigenvalue weighted by Gasteiger charge is 2.34. The van der Waals surface area contributed by atoms with Gasteiger partial charge in [-0.3, -0.25) is 9.59 Å². The molecule has 3 rings (SSSR count). The van der Waals surface area contributed by atoms with Gasteiger partial charge in [0.05, 0.1) is 21.3 Å². The normalized spacial score (nSPS) is 13.6. The lowest BCUT2D eigenvalue weighted by molar-refractivity contribution is 0.0179. The zero-order valence-electron chi connectivity index (χ0n) is 15.6. The van der Waals surface area contributed by atoms with Crippen LogP contribution in [0.25, 0.3) is 0 Å². The SMILES string of the molecule is COc1cc(C(=O)N2CCCN2C(=O)c2cc(C)on2)cc(OC)c1OC. The van der Waals surface area contributed by atoms with Gasteiger partial charge in [0.1, 0.15) is 5.76 Å². The predicted octanol–water partition coefficient (Wildman–Crippen LogP) is 1.91. The Bertz CT molecular complexity index is 838. The molecule has 1 aromatic heterocycles. The summed E-state index contributed by atoms with van der Waals surface area (Å²) in [4.78, 5) is 25.8. The molecule has 144 valence electrons. The second-order valence-electron chi connectivity index (χ2n) is 5.95. The number of carbonyl (C=O) groups excluding carboxylic acids is 2. The Kier molecular flexibility index (Phi) is 5.20. The van der Waals surface area contributed by atoms with Crippen molar-refractivity contribution in [2.24, 2.45) is 0 Å². The van der Waals surface area contributed by atoms with E-state index < -0.39 is 0 Å². The Labute approximate surface area is 156 Å². The molecule has 1 fully saturated rings. The third-order valence-electron chi connectivity index (χ3n) is 4.26. The van der Waals surface area contributed by atoms with Gasteiger partial charge in [-0.05, 0) is 25.5 Å². The van der Waals surface area contributed by atoms with Crippen molar-refractivity contribution in [3.63, 3.8) is 0 Å². The summed E-state index contributed by atoms with van der Waals surface area (Å²) in [6, 6.07) is 4.67. The summed E-state index contributed by atoms with van der Waals surface area (Å²) < 4.78 is 20.8. The van der Waals surface area contributed by atoms with E-state index in [-0.39, 0.29) is 17.5 Å². The molecule has 9 heteroatoms. The quantitative estimate of drug-likeness (QED) is 0.788. The molecule has 27 heavy (non-hydrogen) atoms. The Morgan fingerprint density at radius 3 is 2.04 bits per heavy atom. The van der Waals surface area contributed by atoms with E-state index in [0.717, 1.165) is 0 Å². The van der Waals surface area contributed by atoms with Crippen molar-refractivity contribution in [2.75, 3.05) is 34.4 Å². The number of hydrazine groups is 1. The van der Waals surface area contributed by atoms with Gasteiger partial charge >= 0.3 is 0 Å². The van der Waals surface area contributed by atoms with Crippen LogP contribution in [0.3, 0.4) is 0 Å². The first-order valence-corrected chi connectivity index (χ1v) is 8.37. The third kappa shape index (κ3) is 3.40. The minimum Gasteiger partial charge on any atom is -0.493 e. The average molecular weight is 375 g/mol. The molecule has 1 aliphatic rings. The van der Waals surface area contributed by atoms with Crippen LogP contribution in [0.4, 0.5) is 0 Å². The molecule has 0 spiro atoms. The summed E-state index contributed by atoms with van der Waals surface area (Å²) in [5.41, 5.74) is 0.484. The van der Waals surface area contributed by atoms with Crippen LogP contribution in [0.15, 0.2) is 22.7 Å². The van der Waals surface area contributed by atoms with Gasteiger partial charge in [0.2, 0.25) is 5.75 Å². The fourth-order valence-electron chi connectivity index (χ4n) is 2.99. The maximum Gasteiger partial charge on any atom is 0.294 e. The molecular formula is C18H21N3O6. The number of rotatable bonds is 5. The zero-order chi connectivity index (χ0) is 19.6. The predicted molar refractivity (Wildman–Crippen MR) is 94.0 cm³/mol. The highest BCUT2D eigenvalue weighted by molar-refractivity contribution is 5.99. The van der Waals surface area contributed by atoms with E-state index >= 15 is 0 Å². The maximum atomic E-state index is 13.1. The first-order valence-electron chi connectivity index (χ1n) is 8.37. The van der Waals surface area contributed by atoms with E-state index in [0.29, 0.717) is 48.1 Å². The standard InChI is InChI=1S/C18H21N3O6/c1-11-8-13(19-27-11)18(23)21-7-5-6-20(21)17(22)12-9-14(24-2)16(26-4)15(10-12)25-3/h8-10H,5-7H2,1-4H3. The van der Waals surface area contributed by atoms with E-state index in [4.69, 9.17) is 18.7 Å². The molecule has 0 aliphatic carbocycles. The van der Waals surface area contributed by atoms with Crippen LogP contribution >= 0.6 is 0 Å². The van der Waals surface area contributed by atoms with Crippen LogP contribution in [0.5, 0.6) is 17.2 Å². The smallest absolute Gasteiger partial charge is 0.294 e. The molecule has 9 nitrogen and oxygen atoms in total. The van der Waals surface area contributed by atoms with Crippen LogP contribution in [0.1, 0.15) is 33.0 Å². The van der Waals surface area contributed by atoms with Gasteiger partial charge in [-0.2, -0.15) is 0 Å². The molecule has 1 aromatic carbocycles. The molecule has 0 unspecified atom stereocenters. The fourth-order valence-corrected chi connectivity index (χ4v) is 2.99. The van der Waals surface area contributed by atoms with Crippen LogP contribution in [-0.2, 0) is 0 Å². The molecule has 0 bridgehead atoms. The molecule has 1 aliphatic heterocycles. The number of aromatic nitrogens is 1. The summed E-state index contributed by atoms with van der Waals surface area (Å²) in [5, 5.41) is 6.52. The lowest BCUT2D eigenvalue weighted by Crippen LogP contribution is -2.45. The Balaban J connectivity index is 1.91. The van der Waals surface area contributed by atoms with E-state index in [9.17, 15) is 9.59 Å². The van der Waals surface area contributed by atoms with Gasteiger partial charge < -0.3 is 18.7 Å². The van der Waals surface area contributed by atoms with Crippen molar-refractivity contribution in [2.45, 2.75) is 13.3 Å². The van der Waals surface area contributed by atoms with Crippen LogP contribution in [0.2, 0.25) is 0 Å². The lowest BCUT2D eigenvalue weighted by Gasteiger charge is -2.27. The summed E-state index contributed by atoms with van der Waals surface area (Å²) in [5.74, 6) is 0.920. The van der Waals surface area contributed by atoms with Crippen molar-refractivity contribution in [1.29, 1.82) is 0 Å². The maximum absolute atomic E-state index is 13.1. The van der Waals surface area contributed by atoms with Crippen molar-refractivity contribution in [3.05, 3.63) is 35.2 Å². The number of amides is 2. The second kappa shape index (κ2) is 7.56. The summed E-state index contributed by atoms with van der Waals surface area (Å²) in [7, 11) is 4.44. The van der Waals surface area contributed by atoms with E-state index in [1.807, 2.05) is 0 Å². The van der Waals surface area contributed by atoms with Gasteiger partial charge in [0.15, 0.2) is 17.2 Å². The molecule has 2 amide bonds. The molecule has 0 radical (unpaired) electrons. The topological polar surface area (TPSA) is 94.3 Å². The van der Waals surface area contributed by atoms with Crippen LogP contribution < -0.4 is 14.2 Å². The fraction of sp³-hybridized carbons (Fsp3) is 0.389. The number of benzene rings is 1. The molecular weight excluding hydrogens is 354 g/mol. The molecule has 0 N–H and O–H groups in total. The van der Waals surface area contributed by atoms with Gasteiger partial charge in [-0.15, -0.1) is 0 Å². The Hall–Kier alpha value is -3.23. The zero-order valence-corrected chi connectivity index (χ0v) is 15.6. The molecule has 0 saturated carbocycles. The minimum absolute atomic E-state index is 0.164.